The van der Waals surface area contributed by atoms with Crippen LogP contribution in [0.4, 0.5) is 11.8 Å². The Hall–Kier alpha value is -3.63. The molecule has 2 saturated heterocycles. The van der Waals surface area contributed by atoms with Gasteiger partial charge in [-0.1, -0.05) is 0 Å². The molecule has 2 aliphatic rings. The number of imidazole rings is 2. The average molecular weight is 626 g/mol. The highest BCUT2D eigenvalue weighted by Gasteiger charge is 2.51. The minimum atomic E-state index is -4.96. The maximum atomic E-state index is 12.9. The van der Waals surface area contributed by atoms with Gasteiger partial charge in [0, 0.05) is 7.11 Å². The highest BCUT2D eigenvalue weighted by Crippen LogP contribution is 2.49. The van der Waals surface area contributed by atoms with Crippen LogP contribution in [0.3, 0.4) is 0 Å². The summed E-state index contributed by atoms with van der Waals surface area (Å²) < 4.78 is 47.7. The number of ether oxygens (including phenoxy) is 4. The zero-order chi connectivity index (χ0) is 30.6. The number of anilines is 2. The molecule has 4 aromatic heterocycles. The molecule has 0 aliphatic carbocycles. The van der Waals surface area contributed by atoms with Crippen molar-refractivity contribution in [1.82, 2.24) is 39.0 Å². The van der Waals surface area contributed by atoms with Crippen LogP contribution in [0, 0.1) is 0 Å². The van der Waals surface area contributed by atoms with Crippen molar-refractivity contribution in [3.8, 4) is 5.88 Å². The Morgan fingerprint density at radius 2 is 1.63 bits per heavy atom. The number of aliphatic hydroxyl groups excluding tert-OH is 3. The Morgan fingerprint density at radius 3 is 2.35 bits per heavy atom. The van der Waals surface area contributed by atoms with Crippen molar-refractivity contribution >= 4 is 41.9 Å². The van der Waals surface area contributed by atoms with E-state index < -0.39 is 63.7 Å². The van der Waals surface area contributed by atoms with Crippen LogP contribution in [0.15, 0.2) is 19.0 Å². The van der Waals surface area contributed by atoms with Crippen molar-refractivity contribution in [2.45, 2.75) is 49.3 Å². The number of aromatic nitrogens is 8. The fourth-order valence-electron chi connectivity index (χ4n) is 4.89. The molecular weight excluding hydrogens is 599 g/mol. The summed E-state index contributed by atoms with van der Waals surface area (Å²) in [6.45, 7) is -0.706. The van der Waals surface area contributed by atoms with Crippen molar-refractivity contribution in [3.05, 3.63) is 19.0 Å². The number of phosphoric ester groups is 1. The highest BCUT2D eigenvalue weighted by atomic mass is 31.2. The summed E-state index contributed by atoms with van der Waals surface area (Å²) in [5, 5.41) is 32.3. The second-order valence-corrected chi connectivity index (χ2v) is 10.9. The van der Waals surface area contributed by atoms with Crippen molar-refractivity contribution < 1.29 is 52.8 Å². The second-order valence-electron chi connectivity index (χ2n) is 9.50. The number of fused-ring (bicyclic) bond motifs is 2. The quantitative estimate of drug-likeness (QED) is 0.108. The predicted molar refractivity (Wildman–Crippen MR) is 140 cm³/mol. The molecule has 0 aromatic carbocycles. The normalized spacial score (nSPS) is 30.7. The van der Waals surface area contributed by atoms with E-state index >= 15 is 0 Å². The molecule has 0 saturated carbocycles. The number of rotatable bonds is 9. The van der Waals surface area contributed by atoms with Crippen LogP contribution in [0.5, 0.6) is 5.88 Å². The summed E-state index contributed by atoms with van der Waals surface area (Å²) >= 11 is 0. The average Bonchev–Trinajstić information content (AvgIpc) is 3.73. The van der Waals surface area contributed by atoms with Crippen LogP contribution in [0.1, 0.15) is 12.5 Å². The van der Waals surface area contributed by atoms with Gasteiger partial charge in [-0.05, 0) is 0 Å². The lowest BCUT2D eigenvalue weighted by molar-refractivity contribution is -0.159. The van der Waals surface area contributed by atoms with E-state index in [-0.39, 0.29) is 40.0 Å². The molecule has 21 nitrogen and oxygen atoms in total. The van der Waals surface area contributed by atoms with E-state index in [9.17, 15) is 24.8 Å². The standard InChI is InChI=1S/C21H27N10O11P/c1-37-17-9-16(28-21(23)29-17)31(6-27-9)18-11(33)10(32)7(40-18)3-39-43(35,36)42-13-12(34)19(41-20(13)38-2)30-5-26-8-14(22)24-4-25-15(8)30/h4-7,10-13,18-20,32-34H,3H2,1-2H3,(H,35,36)(H2,22,24,25)(H2,23,28,29)/t7-,10?,11?,12?,13?,18-,19-,20+/m1/s1. The van der Waals surface area contributed by atoms with Crippen LogP contribution < -0.4 is 16.2 Å². The van der Waals surface area contributed by atoms with E-state index in [4.69, 9.17) is 39.5 Å². The number of hydrogen-bond donors (Lipinski definition) is 6. The molecule has 5 unspecified atom stereocenters. The fraction of sp³-hybridized carbons (Fsp3) is 0.524. The third-order valence-corrected chi connectivity index (χ3v) is 7.92. The van der Waals surface area contributed by atoms with Crippen LogP contribution >= 0.6 is 7.82 Å². The van der Waals surface area contributed by atoms with Gasteiger partial charge >= 0.3 is 7.82 Å². The van der Waals surface area contributed by atoms with Gasteiger partial charge in [-0.3, -0.25) is 18.2 Å². The molecule has 0 radical (unpaired) electrons. The van der Waals surface area contributed by atoms with Gasteiger partial charge in [0.05, 0.1) is 26.4 Å². The van der Waals surface area contributed by atoms with Gasteiger partial charge in [0.25, 0.3) is 0 Å². The fourth-order valence-corrected chi connectivity index (χ4v) is 5.82. The number of nitrogens with zero attached hydrogens (tertiary/aromatic N) is 8. The Kier molecular flexibility index (Phi) is 7.62. The number of nitrogen functional groups attached to an aromatic ring is 2. The monoisotopic (exact) mass is 626 g/mol. The molecular formula is C21H27N10O11P. The van der Waals surface area contributed by atoms with Crippen LogP contribution in [0.2, 0.25) is 0 Å². The first-order valence-corrected chi connectivity index (χ1v) is 14.0. The summed E-state index contributed by atoms with van der Waals surface area (Å²) in [4.78, 5) is 34.7. The summed E-state index contributed by atoms with van der Waals surface area (Å²) in [5.41, 5.74) is 12.4. The van der Waals surface area contributed by atoms with Crippen LogP contribution in [-0.4, -0.2) is 117 Å². The number of aliphatic hydroxyl groups is 3. The van der Waals surface area contributed by atoms with E-state index in [1.807, 2.05) is 0 Å². The zero-order valence-corrected chi connectivity index (χ0v) is 23.3. The number of hydrogen-bond acceptors (Lipinski definition) is 18. The topological polar surface area (TPSA) is 293 Å². The summed E-state index contributed by atoms with van der Waals surface area (Å²) in [7, 11) is -2.35. The maximum absolute atomic E-state index is 12.9. The first-order chi connectivity index (χ1) is 20.5. The number of phosphoric acid groups is 1. The third kappa shape index (κ3) is 5.14. The predicted octanol–water partition coefficient (Wildman–Crippen LogP) is -2.18. The molecule has 6 rings (SSSR count). The molecule has 6 heterocycles. The highest BCUT2D eigenvalue weighted by molar-refractivity contribution is 7.47. The molecule has 8 N–H and O–H groups in total. The third-order valence-electron chi connectivity index (χ3n) is 6.93. The molecule has 43 heavy (non-hydrogen) atoms. The summed E-state index contributed by atoms with van der Waals surface area (Å²) in [6.07, 6.45) is -7.47. The van der Waals surface area contributed by atoms with Crippen LogP contribution in [0.25, 0.3) is 22.3 Å². The summed E-state index contributed by atoms with van der Waals surface area (Å²) in [6, 6.07) is 0. The van der Waals surface area contributed by atoms with E-state index in [0.29, 0.717) is 0 Å². The van der Waals surface area contributed by atoms with E-state index in [2.05, 4.69) is 29.9 Å². The molecule has 9 atom stereocenters. The first kappa shape index (κ1) is 29.4. The zero-order valence-electron chi connectivity index (χ0n) is 22.4. The molecule has 22 heteroatoms. The lowest BCUT2D eigenvalue weighted by Gasteiger charge is -2.23. The van der Waals surface area contributed by atoms with E-state index in [0.717, 1.165) is 0 Å². The Bertz CT molecular complexity index is 1690. The second kappa shape index (κ2) is 11.1. The first-order valence-electron chi connectivity index (χ1n) is 12.5. The largest absolute Gasteiger partial charge is 0.479 e. The van der Waals surface area contributed by atoms with Crippen molar-refractivity contribution in [2.75, 3.05) is 32.3 Å². The lowest BCUT2D eigenvalue weighted by atomic mass is 10.1. The van der Waals surface area contributed by atoms with Gasteiger partial charge in [-0.25, -0.2) is 24.5 Å². The Balaban J connectivity index is 1.14. The molecule has 0 spiro atoms. The lowest BCUT2D eigenvalue weighted by Crippen LogP contribution is -2.36. The van der Waals surface area contributed by atoms with Crippen molar-refractivity contribution in [3.63, 3.8) is 0 Å². The van der Waals surface area contributed by atoms with Gasteiger partial charge in [0.1, 0.15) is 36.3 Å². The minimum absolute atomic E-state index is 0.0841. The Labute approximate surface area is 240 Å². The van der Waals surface area contributed by atoms with Gasteiger partial charge < -0.3 is 50.6 Å². The number of methoxy groups -OCH3 is 2. The van der Waals surface area contributed by atoms with Gasteiger partial charge in [-0.15, -0.1) is 0 Å². The smallest absolute Gasteiger partial charge is 0.472 e. The SMILES string of the molecule is COc1nc(N)nc2c1ncn2[C@@H]1O[C@H](COP(=O)(O)OC2C(O)[C@H](n3cnc4c(N)ncnc43)O[C@@H]2OC)C(O)C1O. The van der Waals surface area contributed by atoms with E-state index in [1.54, 1.807) is 0 Å². The van der Waals surface area contributed by atoms with E-state index in [1.165, 1.54) is 42.3 Å². The van der Waals surface area contributed by atoms with Crippen LogP contribution in [-0.2, 0) is 27.8 Å². The number of nitrogens with two attached hydrogens (primary N) is 2. The molecule has 4 aromatic rings. The molecule has 2 fully saturated rings. The maximum Gasteiger partial charge on any atom is 0.472 e. The minimum Gasteiger partial charge on any atom is -0.479 e. The van der Waals surface area contributed by atoms with Gasteiger partial charge in [-0.2, -0.15) is 9.97 Å². The van der Waals surface area contributed by atoms with Crippen molar-refractivity contribution in [1.29, 1.82) is 0 Å². The summed E-state index contributed by atoms with van der Waals surface area (Å²) in [5.74, 6) is 0.0501. The Morgan fingerprint density at radius 1 is 0.930 bits per heavy atom. The molecule has 2 aliphatic heterocycles. The van der Waals surface area contributed by atoms with Crippen molar-refractivity contribution in [2.24, 2.45) is 0 Å². The molecule has 232 valence electrons. The van der Waals surface area contributed by atoms with Gasteiger partial charge in [0.15, 0.2) is 47.5 Å². The molecule has 0 bridgehead atoms. The molecule has 0 amide bonds. The van der Waals surface area contributed by atoms with Gasteiger partial charge in [0.2, 0.25) is 11.8 Å².